The lowest BCUT2D eigenvalue weighted by atomic mass is 10.2. The zero-order valence-electron chi connectivity index (χ0n) is 9.87. The van der Waals surface area contributed by atoms with Gasteiger partial charge in [-0.2, -0.15) is 0 Å². The summed E-state index contributed by atoms with van der Waals surface area (Å²) in [6.45, 7) is 0. The Morgan fingerprint density at radius 3 is 2.50 bits per heavy atom. The van der Waals surface area contributed by atoms with E-state index in [1.54, 1.807) is 12.1 Å². The minimum atomic E-state index is 0.312. The van der Waals surface area contributed by atoms with Crippen molar-refractivity contribution in [3.8, 4) is 11.4 Å². The van der Waals surface area contributed by atoms with Crippen LogP contribution < -0.4 is 0 Å². The van der Waals surface area contributed by atoms with Crippen LogP contribution in [0.1, 0.15) is 0 Å². The molecule has 0 atom stereocenters. The second-order valence-corrected chi connectivity index (χ2v) is 6.18. The molecule has 2 aromatic carbocycles. The lowest BCUT2D eigenvalue weighted by Crippen LogP contribution is -1.93. The van der Waals surface area contributed by atoms with E-state index in [4.69, 9.17) is 34.8 Å². The van der Waals surface area contributed by atoms with Crippen LogP contribution in [-0.2, 0) is 0 Å². The van der Waals surface area contributed by atoms with Gasteiger partial charge in [0.1, 0.15) is 5.15 Å². The van der Waals surface area contributed by atoms with Crippen molar-refractivity contribution in [1.29, 1.82) is 0 Å². The first kappa shape index (κ1) is 14.1. The second-order valence-electron chi connectivity index (χ2n) is 4.10. The van der Waals surface area contributed by atoms with E-state index in [0.717, 1.165) is 4.47 Å². The third kappa shape index (κ3) is 2.51. The van der Waals surface area contributed by atoms with Gasteiger partial charge < -0.3 is 0 Å². The molecule has 100 valence electrons. The van der Waals surface area contributed by atoms with Gasteiger partial charge in [-0.15, -0.1) is 0 Å². The summed E-state index contributed by atoms with van der Waals surface area (Å²) in [7, 11) is 0. The van der Waals surface area contributed by atoms with Crippen molar-refractivity contribution in [2.24, 2.45) is 0 Å². The minimum Gasteiger partial charge on any atom is -0.228 e. The Labute approximate surface area is 138 Å². The molecule has 1 heterocycles. The largest absolute Gasteiger partial charge is 0.228 e. The average Bonchev–Trinajstić information content (AvgIpc) is 2.41. The highest BCUT2D eigenvalue weighted by Gasteiger charge is 2.13. The Hall–Kier alpha value is -0.870. The number of nitrogens with zero attached hydrogens (tertiary/aromatic N) is 2. The topological polar surface area (TPSA) is 25.8 Å². The van der Waals surface area contributed by atoms with Crippen LogP contribution in [0.3, 0.4) is 0 Å². The van der Waals surface area contributed by atoms with E-state index in [2.05, 4.69) is 25.9 Å². The summed E-state index contributed by atoms with van der Waals surface area (Å²) in [5.41, 5.74) is 1.40. The van der Waals surface area contributed by atoms with Crippen LogP contribution in [0, 0.1) is 0 Å². The normalized spacial score (nSPS) is 11.0. The Kier molecular flexibility index (Phi) is 3.87. The van der Waals surface area contributed by atoms with Crippen LogP contribution in [0.4, 0.5) is 0 Å². The zero-order chi connectivity index (χ0) is 14.3. The highest BCUT2D eigenvalue weighted by molar-refractivity contribution is 9.10. The summed E-state index contributed by atoms with van der Waals surface area (Å²) in [5.74, 6) is 0.469. The van der Waals surface area contributed by atoms with Gasteiger partial charge in [-0.25, -0.2) is 9.97 Å². The van der Waals surface area contributed by atoms with Crippen LogP contribution >= 0.6 is 50.7 Å². The number of hydrogen-bond donors (Lipinski definition) is 0. The van der Waals surface area contributed by atoms with Crippen molar-refractivity contribution >= 4 is 61.6 Å². The van der Waals surface area contributed by atoms with Gasteiger partial charge >= 0.3 is 0 Å². The lowest BCUT2D eigenvalue weighted by Gasteiger charge is -2.07. The molecule has 2 nitrogen and oxygen atoms in total. The van der Waals surface area contributed by atoms with Gasteiger partial charge in [-0.3, -0.25) is 0 Å². The number of hydrogen-bond acceptors (Lipinski definition) is 2. The maximum Gasteiger partial charge on any atom is 0.163 e. The molecule has 3 aromatic rings. The Morgan fingerprint density at radius 1 is 0.900 bits per heavy atom. The van der Waals surface area contributed by atoms with Gasteiger partial charge in [0.05, 0.1) is 20.9 Å². The third-order valence-corrected chi connectivity index (χ3v) is 4.21. The predicted molar refractivity (Wildman–Crippen MR) is 87.7 cm³/mol. The average molecular weight is 388 g/mol. The van der Waals surface area contributed by atoms with Gasteiger partial charge in [0.25, 0.3) is 0 Å². The molecule has 3 rings (SSSR count). The van der Waals surface area contributed by atoms with E-state index < -0.39 is 0 Å². The lowest BCUT2D eigenvalue weighted by molar-refractivity contribution is 1.23. The molecule has 0 amide bonds. The smallest absolute Gasteiger partial charge is 0.163 e. The fourth-order valence-electron chi connectivity index (χ4n) is 1.89. The van der Waals surface area contributed by atoms with E-state index in [-0.39, 0.29) is 0 Å². The van der Waals surface area contributed by atoms with Gasteiger partial charge in [-0.05, 0) is 30.3 Å². The Morgan fingerprint density at radius 2 is 1.70 bits per heavy atom. The summed E-state index contributed by atoms with van der Waals surface area (Å²) in [6, 6.07) is 10.9. The van der Waals surface area contributed by atoms with E-state index in [0.29, 0.717) is 37.5 Å². The summed E-state index contributed by atoms with van der Waals surface area (Å²) >= 11 is 21.9. The van der Waals surface area contributed by atoms with Crippen molar-refractivity contribution in [3.63, 3.8) is 0 Å². The van der Waals surface area contributed by atoms with Crippen molar-refractivity contribution in [2.45, 2.75) is 0 Å². The van der Waals surface area contributed by atoms with Crippen molar-refractivity contribution in [1.82, 2.24) is 9.97 Å². The van der Waals surface area contributed by atoms with E-state index in [1.807, 2.05) is 24.3 Å². The summed E-state index contributed by atoms with van der Waals surface area (Å²) < 4.78 is 0.891. The summed E-state index contributed by atoms with van der Waals surface area (Å²) in [6.07, 6.45) is 0. The zero-order valence-corrected chi connectivity index (χ0v) is 13.7. The molecule has 0 aliphatic rings. The maximum atomic E-state index is 6.22. The highest BCUT2D eigenvalue weighted by Crippen LogP contribution is 2.33. The SMILES string of the molecule is Clc1ccc(Br)cc1-c1nc(Cl)c2c(Cl)cccc2n1. The second kappa shape index (κ2) is 5.49. The molecule has 0 N–H and O–H groups in total. The van der Waals surface area contributed by atoms with Gasteiger partial charge in [0.15, 0.2) is 5.82 Å². The number of aromatic nitrogens is 2. The molecule has 0 unspecified atom stereocenters. The van der Waals surface area contributed by atoms with Crippen molar-refractivity contribution in [3.05, 3.63) is 56.1 Å². The van der Waals surface area contributed by atoms with E-state index in [1.165, 1.54) is 0 Å². The monoisotopic (exact) mass is 386 g/mol. The minimum absolute atomic E-state index is 0.312. The molecule has 0 spiro atoms. The highest BCUT2D eigenvalue weighted by atomic mass is 79.9. The van der Waals surface area contributed by atoms with E-state index in [9.17, 15) is 0 Å². The van der Waals surface area contributed by atoms with Gasteiger partial charge in [0.2, 0.25) is 0 Å². The molecule has 20 heavy (non-hydrogen) atoms. The molecule has 0 saturated carbocycles. The fraction of sp³-hybridized carbons (Fsp3) is 0. The molecule has 6 heteroatoms. The predicted octanol–water partition coefficient (Wildman–Crippen LogP) is 6.02. The standard InChI is InChI=1S/C14H6BrCl3N2/c15-7-4-5-9(16)8(6-7)14-19-11-3-1-2-10(17)12(11)13(18)20-14/h1-6H. The quantitative estimate of drug-likeness (QED) is 0.477. The van der Waals surface area contributed by atoms with Crippen LogP contribution in [0.2, 0.25) is 15.2 Å². The van der Waals surface area contributed by atoms with Gasteiger partial charge in [0, 0.05) is 10.0 Å². The molecule has 0 radical (unpaired) electrons. The molecule has 0 bridgehead atoms. The molecule has 0 fully saturated rings. The summed E-state index contributed by atoms with van der Waals surface area (Å²) in [4.78, 5) is 8.78. The van der Waals surface area contributed by atoms with Crippen LogP contribution in [0.5, 0.6) is 0 Å². The molecule has 0 aliphatic heterocycles. The maximum absolute atomic E-state index is 6.22. The number of rotatable bonds is 1. The number of fused-ring (bicyclic) bond motifs is 1. The molecular formula is C14H6BrCl3N2. The Bertz CT molecular complexity index is 821. The first-order valence-corrected chi connectivity index (χ1v) is 7.56. The van der Waals surface area contributed by atoms with Crippen molar-refractivity contribution < 1.29 is 0 Å². The third-order valence-electron chi connectivity index (χ3n) is 2.80. The first-order chi connectivity index (χ1) is 9.56. The van der Waals surface area contributed by atoms with Crippen LogP contribution in [0.25, 0.3) is 22.3 Å². The van der Waals surface area contributed by atoms with Crippen LogP contribution in [0.15, 0.2) is 40.9 Å². The molecular weight excluding hydrogens is 382 g/mol. The first-order valence-electron chi connectivity index (χ1n) is 5.63. The molecule has 0 saturated heterocycles. The molecule has 1 aromatic heterocycles. The number of halogens is 4. The Balaban J connectivity index is 2.30. The summed E-state index contributed by atoms with van der Waals surface area (Å²) in [5, 5.41) is 2.04. The van der Waals surface area contributed by atoms with Gasteiger partial charge in [-0.1, -0.05) is 56.8 Å². The van der Waals surface area contributed by atoms with E-state index >= 15 is 0 Å². The molecule has 0 aliphatic carbocycles. The van der Waals surface area contributed by atoms with Crippen molar-refractivity contribution in [2.75, 3.05) is 0 Å². The fourth-order valence-corrected chi connectivity index (χ4v) is 3.04. The van der Waals surface area contributed by atoms with Crippen LogP contribution in [-0.4, -0.2) is 9.97 Å². The number of benzene rings is 2.